The molecule has 1 aromatic heterocycles. The molecule has 3 N–H and O–H groups in total. The zero-order valence-electron chi connectivity index (χ0n) is 12.1. The smallest absolute Gasteiger partial charge is 0.286 e. The van der Waals surface area contributed by atoms with Crippen LogP contribution in [-0.2, 0) is 14.8 Å². The van der Waals surface area contributed by atoms with E-state index < -0.39 is 21.8 Å². The summed E-state index contributed by atoms with van der Waals surface area (Å²) in [5, 5.41) is 0. The maximum atomic E-state index is 12.1. The van der Waals surface area contributed by atoms with Gasteiger partial charge in [-0.05, 0) is 34.1 Å². The van der Waals surface area contributed by atoms with Crippen molar-refractivity contribution in [3.05, 3.63) is 46.4 Å². The van der Waals surface area contributed by atoms with Crippen LogP contribution in [0.5, 0.6) is 0 Å². The summed E-state index contributed by atoms with van der Waals surface area (Å²) in [7, 11) is -3.44. The summed E-state index contributed by atoms with van der Waals surface area (Å²) in [4.78, 5) is 28.2. The average Bonchev–Trinajstić information content (AvgIpc) is 2.97. The number of carbonyl (C=O) groups is 2. The number of fused-ring (bicyclic) bond motifs is 1. The molecule has 1 aromatic rings. The van der Waals surface area contributed by atoms with E-state index in [4.69, 9.17) is 0 Å². The molecule has 0 unspecified atom stereocenters. The Morgan fingerprint density at radius 3 is 2.71 bits per heavy atom. The van der Waals surface area contributed by atoms with Crippen LogP contribution in [0.15, 0.2) is 45.1 Å². The van der Waals surface area contributed by atoms with Crippen LogP contribution in [0.1, 0.15) is 10.5 Å². The van der Waals surface area contributed by atoms with Crippen molar-refractivity contribution in [3.63, 3.8) is 0 Å². The number of carbonyl (C=O) groups excluding carboxylic acids is 2. The molecule has 0 aliphatic carbocycles. The minimum absolute atomic E-state index is 0.117. The van der Waals surface area contributed by atoms with Crippen LogP contribution in [0.3, 0.4) is 0 Å². The van der Waals surface area contributed by atoms with Crippen LogP contribution in [0.25, 0.3) is 0 Å². The van der Waals surface area contributed by atoms with Gasteiger partial charge in [-0.15, -0.1) is 4.40 Å². The first-order chi connectivity index (χ1) is 11.3. The summed E-state index contributed by atoms with van der Waals surface area (Å²) in [6, 6.07) is 1.57. The number of halogens is 1. The number of nitrogens with zero attached hydrogens (tertiary/aromatic N) is 2. The summed E-state index contributed by atoms with van der Waals surface area (Å²) in [6.45, 7) is 0.213. The van der Waals surface area contributed by atoms with Crippen molar-refractivity contribution in [3.8, 4) is 0 Å². The predicted octanol–water partition coefficient (Wildman–Crippen LogP) is 0.0358. The molecule has 0 saturated carbocycles. The van der Waals surface area contributed by atoms with E-state index >= 15 is 0 Å². The predicted molar refractivity (Wildman–Crippen MR) is 89.3 cm³/mol. The van der Waals surface area contributed by atoms with E-state index in [1.54, 1.807) is 17.2 Å². The summed E-state index contributed by atoms with van der Waals surface area (Å²) in [5.74, 6) is -0.884. The number of nitrogens with one attached hydrogen (secondary N) is 3. The molecule has 0 spiro atoms. The Hall–Kier alpha value is -2.40. The number of hydrogen-bond donors (Lipinski definition) is 3. The van der Waals surface area contributed by atoms with Crippen molar-refractivity contribution < 1.29 is 18.0 Å². The molecule has 0 atom stereocenters. The van der Waals surface area contributed by atoms with Crippen molar-refractivity contribution in [2.24, 2.45) is 4.40 Å². The Kier molecular flexibility index (Phi) is 4.28. The van der Waals surface area contributed by atoms with Crippen molar-refractivity contribution in [2.75, 3.05) is 12.3 Å². The van der Waals surface area contributed by atoms with Crippen molar-refractivity contribution in [1.29, 1.82) is 0 Å². The molecule has 24 heavy (non-hydrogen) atoms. The minimum Gasteiger partial charge on any atom is -0.356 e. The average molecular weight is 414 g/mol. The Morgan fingerprint density at radius 1 is 1.25 bits per heavy atom. The molecule has 2 aliphatic rings. The van der Waals surface area contributed by atoms with E-state index in [9.17, 15) is 18.0 Å². The number of hydrazine groups is 1. The van der Waals surface area contributed by atoms with E-state index in [-0.39, 0.29) is 29.4 Å². The van der Waals surface area contributed by atoms with E-state index in [1.165, 1.54) is 18.4 Å². The number of H-pyrrole nitrogens is 1. The van der Waals surface area contributed by atoms with Gasteiger partial charge in [-0.25, -0.2) is 8.42 Å². The molecule has 0 radical (unpaired) electrons. The summed E-state index contributed by atoms with van der Waals surface area (Å²) >= 11 is 3.21. The number of aromatic amines is 1. The minimum atomic E-state index is -3.44. The third-order valence-corrected chi connectivity index (χ3v) is 4.89. The zero-order chi connectivity index (χ0) is 17.3. The molecule has 11 heteroatoms. The molecule has 0 saturated heterocycles. The Labute approximate surface area is 145 Å². The van der Waals surface area contributed by atoms with Crippen molar-refractivity contribution in [2.45, 2.75) is 0 Å². The highest BCUT2D eigenvalue weighted by atomic mass is 79.9. The van der Waals surface area contributed by atoms with Gasteiger partial charge in [0.2, 0.25) is 0 Å². The largest absolute Gasteiger partial charge is 0.356 e. The molecule has 3 rings (SSSR count). The molecule has 0 fully saturated rings. The summed E-state index contributed by atoms with van der Waals surface area (Å²) < 4.78 is 27.2. The van der Waals surface area contributed by atoms with Gasteiger partial charge in [0.05, 0.1) is 11.3 Å². The highest BCUT2D eigenvalue weighted by Crippen LogP contribution is 2.15. The number of hydrogen-bond acceptors (Lipinski definition) is 5. The first kappa shape index (κ1) is 16.5. The van der Waals surface area contributed by atoms with E-state index in [0.29, 0.717) is 4.47 Å². The quantitative estimate of drug-likeness (QED) is 0.590. The lowest BCUT2D eigenvalue weighted by molar-refractivity contribution is -0.118. The molecular weight excluding hydrogens is 402 g/mol. The molecule has 126 valence electrons. The normalized spacial score (nSPS) is 18.3. The van der Waals surface area contributed by atoms with Crippen molar-refractivity contribution in [1.82, 2.24) is 20.7 Å². The fourth-order valence-corrected chi connectivity index (χ4v) is 3.40. The van der Waals surface area contributed by atoms with Crippen LogP contribution in [0, 0.1) is 0 Å². The van der Waals surface area contributed by atoms with Gasteiger partial charge in [0.1, 0.15) is 11.5 Å². The van der Waals surface area contributed by atoms with Crippen LogP contribution in [0.2, 0.25) is 0 Å². The van der Waals surface area contributed by atoms with E-state index in [0.717, 1.165) is 0 Å². The van der Waals surface area contributed by atoms with Crippen LogP contribution < -0.4 is 10.9 Å². The van der Waals surface area contributed by atoms with Crippen molar-refractivity contribution >= 4 is 43.6 Å². The number of rotatable bonds is 2. The van der Waals surface area contributed by atoms with Gasteiger partial charge < -0.3 is 9.88 Å². The molecule has 9 nitrogen and oxygen atoms in total. The Bertz CT molecular complexity index is 899. The number of aromatic nitrogens is 1. The third kappa shape index (κ3) is 3.57. The standard InChI is InChI=1S/C13H12BrN5O4S/c14-9-5-10(15-6-9)13(21)17-16-12(20)8-1-2-11-18-24(22,23)4-3-19(11)7-8/h1-2,5-7,15H,3-4H2,(H,16,20)(H,17,21). The Morgan fingerprint density at radius 2 is 2.00 bits per heavy atom. The fourth-order valence-electron chi connectivity index (χ4n) is 2.09. The number of amides is 2. The highest BCUT2D eigenvalue weighted by molar-refractivity contribution is 9.10. The second kappa shape index (κ2) is 6.24. The molecule has 3 heterocycles. The number of amidine groups is 1. The maximum absolute atomic E-state index is 12.1. The zero-order valence-corrected chi connectivity index (χ0v) is 14.5. The topological polar surface area (TPSA) is 124 Å². The second-order valence-corrected chi connectivity index (χ2v) is 7.66. The lowest BCUT2D eigenvalue weighted by atomic mass is 10.2. The highest BCUT2D eigenvalue weighted by Gasteiger charge is 2.25. The number of sulfonamides is 1. The molecular formula is C13H12BrN5O4S. The lowest BCUT2D eigenvalue weighted by Crippen LogP contribution is -2.43. The third-order valence-electron chi connectivity index (χ3n) is 3.27. The second-order valence-electron chi connectivity index (χ2n) is 4.99. The summed E-state index contributed by atoms with van der Waals surface area (Å²) in [5.41, 5.74) is 5.13. The first-order valence-corrected chi connectivity index (χ1v) is 9.18. The molecule has 0 bridgehead atoms. The van der Waals surface area contributed by atoms with Gasteiger partial charge in [0.15, 0.2) is 0 Å². The lowest BCUT2D eigenvalue weighted by Gasteiger charge is -2.26. The first-order valence-electron chi connectivity index (χ1n) is 6.78. The van der Waals surface area contributed by atoms with Gasteiger partial charge in [0, 0.05) is 23.4 Å². The molecule has 2 amide bonds. The van der Waals surface area contributed by atoms with Crippen LogP contribution in [-0.4, -0.2) is 48.2 Å². The van der Waals surface area contributed by atoms with Gasteiger partial charge in [-0.3, -0.25) is 20.4 Å². The summed E-state index contributed by atoms with van der Waals surface area (Å²) in [6.07, 6.45) is 5.95. The maximum Gasteiger partial charge on any atom is 0.286 e. The fraction of sp³-hybridized carbons (Fsp3) is 0.154. The molecule has 2 aliphatic heterocycles. The van der Waals surface area contributed by atoms with Gasteiger partial charge in [-0.2, -0.15) is 0 Å². The Balaban J connectivity index is 1.64. The monoisotopic (exact) mass is 413 g/mol. The SMILES string of the molecule is O=C(NNC(=O)c1cc(Br)c[nH]1)C1=CN2CCS(=O)(=O)N=C2C=C1. The molecule has 0 aromatic carbocycles. The van der Waals surface area contributed by atoms with E-state index in [1.807, 2.05) is 0 Å². The van der Waals surface area contributed by atoms with E-state index in [2.05, 4.69) is 36.2 Å². The van der Waals surface area contributed by atoms with Gasteiger partial charge in [-0.1, -0.05) is 0 Å². The van der Waals surface area contributed by atoms with Crippen LogP contribution in [0.4, 0.5) is 0 Å². The van der Waals surface area contributed by atoms with Gasteiger partial charge >= 0.3 is 0 Å². The van der Waals surface area contributed by atoms with Crippen LogP contribution >= 0.6 is 15.9 Å². The van der Waals surface area contributed by atoms with Gasteiger partial charge in [0.25, 0.3) is 21.8 Å².